The molecule has 0 bridgehead atoms. The Kier molecular flexibility index (Phi) is 6.59. The third-order valence-electron chi connectivity index (χ3n) is 4.29. The Morgan fingerprint density at radius 2 is 1.77 bits per heavy atom. The van der Waals surface area contributed by atoms with Gasteiger partial charge < -0.3 is 15.8 Å². The molecule has 0 aliphatic rings. The van der Waals surface area contributed by atoms with Crippen molar-refractivity contribution < 1.29 is 19.1 Å². The number of benzene rings is 2. The van der Waals surface area contributed by atoms with E-state index in [0.29, 0.717) is 12.2 Å². The Hall–Kier alpha value is -3.94. The first-order valence-corrected chi connectivity index (χ1v) is 9.33. The van der Waals surface area contributed by atoms with Crippen molar-refractivity contribution in [3.05, 3.63) is 77.5 Å². The maximum Gasteiger partial charge on any atom is 0.342 e. The number of nitrogens with zero attached hydrogens (tertiary/aromatic N) is 2. The summed E-state index contributed by atoms with van der Waals surface area (Å²) in [5, 5.41) is 6.84. The van der Waals surface area contributed by atoms with Gasteiger partial charge in [-0.1, -0.05) is 60.2 Å². The van der Waals surface area contributed by atoms with E-state index >= 15 is 0 Å². The second-order valence-corrected chi connectivity index (χ2v) is 6.76. The summed E-state index contributed by atoms with van der Waals surface area (Å²) in [5.74, 6) is -1.98. The van der Waals surface area contributed by atoms with Gasteiger partial charge in [-0.15, -0.1) is 0 Å². The fourth-order valence-corrected chi connectivity index (χ4v) is 2.79. The first-order valence-electron chi connectivity index (χ1n) is 9.33. The summed E-state index contributed by atoms with van der Waals surface area (Å²) in [7, 11) is 0. The molecule has 0 saturated carbocycles. The van der Waals surface area contributed by atoms with Crippen molar-refractivity contribution >= 4 is 17.8 Å². The van der Waals surface area contributed by atoms with Crippen molar-refractivity contribution in [2.45, 2.75) is 13.5 Å². The van der Waals surface area contributed by atoms with E-state index < -0.39 is 24.4 Å². The number of carbonyl (C=O) groups is 3. The summed E-state index contributed by atoms with van der Waals surface area (Å²) in [6.07, 6.45) is 1.60. The van der Waals surface area contributed by atoms with E-state index in [1.165, 1.54) is 0 Å². The zero-order valence-electron chi connectivity index (χ0n) is 16.5. The molecule has 3 rings (SSSR count). The standard InChI is InChI=1S/C22H22N4O4/c1-15-7-9-17(10-8-15)21-18(22(29)30-14-20(28)24-11-19(23)27)13-26(25-21)12-16-5-3-2-4-6-16/h2-10,13H,11-12,14H2,1H3,(H2,23,27)(H,24,28). The fraction of sp³-hybridized carbons (Fsp3) is 0.182. The van der Waals surface area contributed by atoms with Crippen LogP contribution in [0, 0.1) is 6.92 Å². The first kappa shape index (κ1) is 20.8. The molecule has 30 heavy (non-hydrogen) atoms. The summed E-state index contributed by atoms with van der Waals surface area (Å²) in [6, 6.07) is 17.3. The maximum absolute atomic E-state index is 12.7. The van der Waals surface area contributed by atoms with E-state index in [4.69, 9.17) is 10.5 Å². The van der Waals surface area contributed by atoms with Crippen LogP contribution in [0.3, 0.4) is 0 Å². The van der Waals surface area contributed by atoms with E-state index in [2.05, 4.69) is 10.4 Å². The molecule has 0 fully saturated rings. The monoisotopic (exact) mass is 406 g/mol. The largest absolute Gasteiger partial charge is 0.452 e. The molecule has 0 spiro atoms. The van der Waals surface area contributed by atoms with Gasteiger partial charge in [0.05, 0.1) is 13.1 Å². The van der Waals surface area contributed by atoms with Crippen molar-refractivity contribution in [3.63, 3.8) is 0 Å². The van der Waals surface area contributed by atoms with Gasteiger partial charge in [0, 0.05) is 11.8 Å². The molecule has 2 aromatic carbocycles. The highest BCUT2D eigenvalue weighted by atomic mass is 16.5. The van der Waals surface area contributed by atoms with Gasteiger partial charge in [-0.05, 0) is 12.5 Å². The lowest BCUT2D eigenvalue weighted by Crippen LogP contribution is -2.36. The van der Waals surface area contributed by atoms with Crippen LogP contribution in [0.25, 0.3) is 11.3 Å². The Labute approximate surface area is 173 Å². The third-order valence-corrected chi connectivity index (χ3v) is 4.29. The van der Waals surface area contributed by atoms with Crippen molar-refractivity contribution in [1.82, 2.24) is 15.1 Å². The van der Waals surface area contributed by atoms with Gasteiger partial charge in [-0.25, -0.2) is 4.79 Å². The molecule has 0 saturated heterocycles. The lowest BCUT2D eigenvalue weighted by atomic mass is 10.1. The predicted octanol–water partition coefficient (Wildman–Crippen LogP) is 1.67. The van der Waals surface area contributed by atoms with Gasteiger partial charge in [0.25, 0.3) is 5.91 Å². The molecule has 0 radical (unpaired) electrons. The molecule has 1 aromatic heterocycles. The van der Waals surface area contributed by atoms with Crippen LogP contribution in [-0.2, 0) is 20.9 Å². The van der Waals surface area contributed by atoms with Crippen molar-refractivity contribution in [2.24, 2.45) is 5.73 Å². The van der Waals surface area contributed by atoms with Crippen molar-refractivity contribution in [3.8, 4) is 11.3 Å². The number of esters is 1. The summed E-state index contributed by atoms with van der Waals surface area (Å²) in [6.45, 7) is 1.60. The van der Waals surface area contributed by atoms with Gasteiger partial charge in [-0.3, -0.25) is 14.3 Å². The van der Waals surface area contributed by atoms with Crippen LogP contribution in [-0.4, -0.2) is 40.7 Å². The lowest BCUT2D eigenvalue weighted by Gasteiger charge is -2.05. The molecule has 0 atom stereocenters. The summed E-state index contributed by atoms with van der Waals surface area (Å²) in [4.78, 5) is 35.1. The Morgan fingerprint density at radius 1 is 1.07 bits per heavy atom. The number of ether oxygens (including phenoxy) is 1. The number of hydrogen-bond donors (Lipinski definition) is 2. The molecular formula is C22H22N4O4. The molecule has 0 aliphatic carbocycles. The molecule has 0 aliphatic heterocycles. The Balaban J connectivity index is 1.81. The molecule has 1 heterocycles. The Morgan fingerprint density at radius 3 is 2.43 bits per heavy atom. The fourth-order valence-electron chi connectivity index (χ4n) is 2.79. The summed E-state index contributed by atoms with van der Waals surface area (Å²) in [5.41, 5.74) is 8.56. The molecule has 3 N–H and O–H groups in total. The number of amides is 2. The SMILES string of the molecule is Cc1ccc(-c2nn(Cc3ccccc3)cc2C(=O)OCC(=O)NCC(N)=O)cc1. The highest BCUT2D eigenvalue weighted by Crippen LogP contribution is 2.24. The van der Waals surface area contributed by atoms with Crippen LogP contribution >= 0.6 is 0 Å². The molecule has 8 heteroatoms. The topological polar surface area (TPSA) is 116 Å². The van der Waals surface area contributed by atoms with E-state index in [9.17, 15) is 14.4 Å². The minimum atomic E-state index is -0.682. The van der Waals surface area contributed by atoms with Crippen LogP contribution in [0.5, 0.6) is 0 Å². The van der Waals surface area contributed by atoms with Gasteiger partial charge in [0.1, 0.15) is 11.3 Å². The highest BCUT2D eigenvalue weighted by molar-refractivity contribution is 5.97. The molecule has 154 valence electrons. The van der Waals surface area contributed by atoms with E-state index in [0.717, 1.165) is 16.7 Å². The number of nitrogens with two attached hydrogens (primary N) is 1. The number of aryl methyl sites for hydroxylation is 1. The van der Waals surface area contributed by atoms with Gasteiger partial charge in [-0.2, -0.15) is 5.10 Å². The third kappa shape index (κ3) is 5.54. The zero-order valence-corrected chi connectivity index (χ0v) is 16.5. The second-order valence-electron chi connectivity index (χ2n) is 6.76. The number of aromatic nitrogens is 2. The molecule has 8 nitrogen and oxygen atoms in total. The van der Waals surface area contributed by atoms with Crippen LogP contribution in [0.15, 0.2) is 60.8 Å². The first-order chi connectivity index (χ1) is 14.4. The zero-order chi connectivity index (χ0) is 21.5. The van der Waals surface area contributed by atoms with E-state index in [1.54, 1.807) is 10.9 Å². The van der Waals surface area contributed by atoms with E-state index in [-0.39, 0.29) is 12.1 Å². The number of carbonyl (C=O) groups excluding carboxylic acids is 3. The Bertz CT molecular complexity index is 1040. The molecule has 2 amide bonds. The lowest BCUT2D eigenvalue weighted by molar-refractivity contribution is -0.127. The van der Waals surface area contributed by atoms with Crippen LogP contribution < -0.4 is 11.1 Å². The number of primary amides is 1. The van der Waals surface area contributed by atoms with Crippen LogP contribution in [0.2, 0.25) is 0 Å². The van der Waals surface area contributed by atoms with E-state index in [1.807, 2.05) is 61.5 Å². The normalized spacial score (nSPS) is 10.4. The molecule has 3 aromatic rings. The summed E-state index contributed by atoms with van der Waals surface area (Å²) >= 11 is 0. The van der Waals surface area contributed by atoms with Gasteiger partial charge >= 0.3 is 5.97 Å². The summed E-state index contributed by atoms with van der Waals surface area (Å²) < 4.78 is 6.78. The van der Waals surface area contributed by atoms with Gasteiger partial charge in [0.2, 0.25) is 5.91 Å². The average molecular weight is 406 g/mol. The van der Waals surface area contributed by atoms with Crippen molar-refractivity contribution in [2.75, 3.05) is 13.2 Å². The quantitative estimate of drug-likeness (QED) is 0.552. The van der Waals surface area contributed by atoms with Crippen LogP contribution in [0.1, 0.15) is 21.5 Å². The molecular weight excluding hydrogens is 384 g/mol. The van der Waals surface area contributed by atoms with Gasteiger partial charge in [0.15, 0.2) is 6.61 Å². The number of rotatable bonds is 8. The minimum absolute atomic E-state index is 0.248. The maximum atomic E-state index is 12.7. The second kappa shape index (κ2) is 9.51. The predicted molar refractivity (Wildman–Crippen MR) is 110 cm³/mol. The number of nitrogens with one attached hydrogen (secondary N) is 1. The minimum Gasteiger partial charge on any atom is -0.452 e. The highest BCUT2D eigenvalue weighted by Gasteiger charge is 2.20. The molecule has 0 unspecified atom stereocenters. The number of hydrogen-bond acceptors (Lipinski definition) is 5. The van der Waals surface area contributed by atoms with Crippen LogP contribution in [0.4, 0.5) is 0 Å². The van der Waals surface area contributed by atoms with Crippen molar-refractivity contribution in [1.29, 1.82) is 0 Å². The smallest absolute Gasteiger partial charge is 0.342 e. The average Bonchev–Trinajstić information content (AvgIpc) is 3.15.